The number of urea groups is 1. The largest absolute Gasteiger partial charge is 0.493 e. The van der Waals surface area contributed by atoms with Crippen LogP contribution in [0.1, 0.15) is 16.7 Å². The number of halogens is 2. The second kappa shape index (κ2) is 12.0. The van der Waals surface area contributed by atoms with Crippen LogP contribution < -0.4 is 19.7 Å². The molecule has 0 unspecified atom stereocenters. The van der Waals surface area contributed by atoms with E-state index in [1.807, 2.05) is 0 Å². The molecular weight excluding hydrogens is 561 g/mol. The Hall–Kier alpha value is -4.67. The van der Waals surface area contributed by atoms with E-state index in [9.17, 15) is 24.5 Å². The maximum atomic E-state index is 13.3. The fourth-order valence-electron chi connectivity index (χ4n) is 3.96. The highest BCUT2D eigenvalue weighted by molar-refractivity contribution is 6.39. The number of anilines is 1. The molecule has 0 atom stereocenters. The summed E-state index contributed by atoms with van der Waals surface area (Å²) in [6, 6.07) is 12.1. The van der Waals surface area contributed by atoms with Crippen LogP contribution in [0.2, 0.25) is 10.0 Å². The van der Waals surface area contributed by atoms with Crippen LogP contribution in [0.5, 0.6) is 11.5 Å². The van der Waals surface area contributed by atoms with E-state index in [2.05, 4.69) is 11.9 Å². The van der Waals surface area contributed by atoms with Gasteiger partial charge in [-0.15, -0.1) is 6.58 Å². The van der Waals surface area contributed by atoms with Crippen molar-refractivity contribution in [2.24, 2.45) is 0 Å². The lowest BCUT2D eigenvalue weighted by atomic mass is 10.0. The van der Waals surface area contributed by atoms with Crippen LogP contribution in [0.3, 0.4) is 0 Å². The summed E-state index contributed by atoms with van der Waals surface area (Å²) < 4.78 is 11.6. The van der Waals surface area contributed by atoms with E-state index in [-0.39, 0.29) is 23.6 Å². The smallest absolute Gasteiger partial charge is 0.335 e. The molecule has 1 fully saturated rings. The van der Waals surface area contributed by atoms with Gasteiger partial charge in [0, 0.05) is 33.3 Å². The molecule has 0 radical (unpaired) electrons. The molecule has 1 N–H and O–H groups in total. The molecule has 3 aromatic rings. The maximum absolute atomic E-state index is 13.3. The second-order valence-electron chi connectivity index (χ2n) is 8.46. The Morgan fingerprint density at radius 3 is 2.40 bits per heavy atom. The first-order valence-electron chi connectivity index (χ1n) is 11.7. The molecule has 1 heterocycles. The van der Waals surface area contributed by atoms with E-state index in [0.29, 0.717) is 44.7 Å². The Morgan fingerprint density at radius 1 is 1.05 bits per heavy atom. The number of nitro groups is 1. The van der Waals surface area contributed by atoms with Gasteiger partial charge in [-0.2, -0.15) is 0 Å². The van der Waals surface area contributed by atoms with Gasteiger partial charge < -0.3 is 9.47 Å². The van der Waals surface area contributed by atoms with E-state index >= 15 is 0 Å². The molecule has 0 saturated carbocycles. The number of carbonyl (C=O) groups excluding carboxylic acids is 3. The predicted molar refractivity (Wildman–Crippen MR) is 150 cm³/mol. The number of non-ortho nitro benzene ring substituents is 1. The number of nitrogens with zero attached hydrogens (tertiary/aromatic N) is 2. The zero-order valence-electron chi connectivity index (χ0n) is 21.0. The van der Waals surface area contributed by atoms with Crippen molar-refractivity contribution in [1.29, 1.82) is 0 Å². The molecule has 0 aliphatic carbocycles. The van der Waals surface area contributed by atoms with Gasteiger partial charge in [-0.3, -0.25) is 25.0 Å². The number of amides is 4. The summed E-state index contributed by atoms with van der Waals surface area (Å²) in [5.74, 6) is -1.06. The van der Waals surface area contributed by atoms with Crippen LogP contribution in [-0.4, -0.2) is 29.9 Å². The standard InChI is InChI=1S/C28H21Cl2N3O7/c1-3-4-17-11-16(13-24(39-2)25(17)40-15-18-5-6-19(29)14-23(18)30)12-22-26(34)31-28(36)32(27(22)35)20-7-9-21(10-8-20)33(37)38/h3,5-14H,1,4,15H2,2H3,(H,31,34,36)/b22-12+. The Labute approximate surface area is 238 Å². The van der Waals surface area contributed by atoms with Gasteiger partial charge in [0.2, 0.25) is 0 Å². The van der Waals surface area contributed by atoms with E-state index in [4.69, 9.17) is 32.7 Å². The minimum Gasteiger partial charge on any atom is -0.493 e. The molecule has 1 aliphatic rings. The molecule has 12 heteroatoms. The zero-order chi connectivity index (χ0) is 29.0. The maximum Gasteiger partial charge on any atom is 0.335 e. The van der Waals surface area contributed by atoms with Gasteiger partial charge in [-0.1, -0.05) is 35.3 Å². The molecule has 1 saturated heterocycles. The third-order valence-electron chi connectivity index (χ3n) is 5.86. The highest BCUT2D eigenvalue weighted by atomic mass is 35.5. The number of imide groups is 2. The van der Waals surface area contributed by atoms with Gasteiger partial charge in [0.1, 0.15) is 12.2 Å². The summed E-state index contributed by atoms with van der Waals surface area (Å²) in [6.45, 7) is 3.90. The van der Waals surface area contributed by atoms with Gasteiger partial charge in [-0.25, -0.2) is 9.69 Å². The van der Waals surface area contributed by atoms with E-state index in [1.54, 1.807) is 36.4 Å². The van der Waals surface area contributed by atoms with Gasteiger partial charge in [0.25, 0.3) is 17.5 Å². The molecule has 3 aromatic carbocycles. The highest BCUT2D eigenvalue weighted by Gasteiger charge is 2.37. The monoisotopic (exact) mass is 581 g/mol. The minimum atomic E-state index is -0.976. The number of carbonyl (C=O) groups is 3. The van der Waals surface area contributed by atoms with Crippen LogP contribution in [0, 0.1) is 10.1 Å². The molecule has 0 bridgehead atoms. The Bertz CT molecular complexity index is 1570. The summed E-state index contributed by atoms with van der Waals surface area (Å²) in [7, 11) is 1.44. The zero-order valence-corrected chi connectivity index (χ0v) is 22.5. The average Bonchev–Trinajstić information content (AvgIpc) is 2.91. The van der Waals surface area contributed by atoms with E-state index < -0.39 is 22.8 Å². The molecule has 0 aromatic heterocycles. The van der Waals surface area contributed by atoms with Crippen LogP contribution in [0.4, 0.5) is 16.2 Å². The molecule has 10 nitrogen and oxygen atoms in total. The number of ether oxygens (including phenoxy) is 2. The van der Waals surface area contributed by atoms with Crippen molar-refractivity contribution < 1.29 is 28.8 Å². The van der Waals surface area contributed by atoms with Crippen LogP contribution >= 0.6 is 23.2 Å². The van der Waals surface area contributed by atoms with Gasteiger partial charge in [0.15, 0.2) is 11.5 Å². The minimum absolute atomic E-state index is 0.0565. The van der Waals surface area contributed by atoms with Gasteiger partial charge in [0.05, 0.1) is 17.7 Å². The van der Waals surface area contributed by atoms with Crippen molar-refractivity contribution in [2.45, 2.75) is 13.0 Å². The molecule has 40 heavy (non-hydrogen) atoms. The Morgan fingerprint density at radius 2 is 1.77 bits per heavy atom. The van der Waals surface area contributed by atoms with Crippen LogP contribution in [-0.2, 0) is 22.6 Å². The van der Waals surface area contributed by atoms with Crippen LogP contribution in [0.25, 0.3) is 6.08 Å². The number of allylic oxidation sites excluding steroid dienone is 1. The van der Waals surface area contributed by atoms with Crippen molar-refractivity contribution in [3.63, 3.8) is 0 Å². The van der Waals surface area contributed by atoms with Crippen molar-refractivity contribution in [3.8, 4) is 11.5 Å². The molecular formula is C28H21Cl2N3O7. The lowest BCUT2D eigenvalue weighted by molar-refractivity contribution is -0.384. The van der Waals surface area contributed by atoms with Crippen molar-refractivity contribution in [1.82, 2.24) is 5.32 Å². The molecule has 204 valence electrons. The molecule has 4 rings (SSSR count). The SMILES string of the molecule is C=CCc1cc(/C=C2\C(=O)NC(=O)N(c3ccc([N+](=O)[O-])cc3)C2=O)cc(OC)c1OCc1ccc(Cl)cc1Cl. The third-order valence-corrected chi connectivity index (χ3v) is 6.44. The first kappa shape index (κ1) is 28.3. The summed E-state index contributed by atoms with van der Waals surface area (Å²) in [4.78, 5) is 49.5. The molecule has 1 aliphatic heterocycles. The van der Waals surface area contributed by atoms with Gasteiger partial charge in [-0.05, 0) is 54.5 Å². The number of nitro benzene ring substituents is 1. The first-order valence-corrected chi connectivity index (χ1v) is 12.4. The number of hydrogen-bond acceptors (Lipinski definition) is 7. The van der Waals surface area contributed by atoms with Gasteiger partial charge >= 0.3 is 6.03 Å². The number of methoxy groups -OCH3 is 1. The Balaban J connectivity index is 1.69. The number of nitrogens with one attached hydrogen (secondary N) is 1. The number of rotatable bonds is 9. The second-order valence-corrected chi connectivity index (χ2v) is 9.30. The summed E-state index contributed by atoms with van der Waals surface area (Å²) in [5.41, 5.74) is 1.28. The van der Waals surface area contributed by atoms with Crippen molar-refractivity contribution >= 4 is 58.5 Å². The quantitative estimate of drug-likeness (QED) is 0.110. The number of barbiturate groups is 1. The normalized spacial score (nSPS) is 14.2. The summed E-state index contributed by atoms with van der Waals surface area (Å²) in [5, 5.41) is 14.0. The van der Waals surface area contributed by atoms with Crippen molar-refractivity contribution in [2.75, 3.05) is 12.0 Å². The highest BCUT2D eigenvalue weighted by Crippen LogP contribution is 2.36. The average molecular weight is 582 g/mol. The summed E-state index contributed by atoms with van der Waals surface area (Å²) >= 11 is 12.2. The first-order chi connectivity index (χ1) is 19.1. The number of benzene rings is 3. The lowest BCUT2D eigenvalue weighted by Crippen LogP contribution is -2.54. The van der Waals surface area contributed by atoms with Crippen LogP contribution in [0.15, 0.2) is 72.8 Å². The fraction of sp³-hybridized carbons (Fsp3) is 0.107. The molecule has 0 spiro atoms. The molecule has 4 amide bonds. The van der Waals surface area contributed by atoms with E-state index in [0.717, 1.165) is 17.0 Å². The number of hydrogen-bond donors (Lipinski definition) is 1. The summed E-state index contributed by atoms with van der Waals surface area (Å²) in [6.07, 6.45) is 3.34. The predicted octanol–water partition coefficient (Wildman–Crippen LogP) is 5.88. The Kier molecular flexibility index (Phi) is 8.52. The third kappa shape index (κ3) is 5.98. The fourth-order valence-corrected chi connectivity index (χ4v) is 4.42. The lowest BCUT2D eigenvalue weighted by Gasteiger charge is -2.26. The topological polar surface area (TPSA) is 128 Å². The van der Waals surface area contributed by atoms with Crippen molar-refractivity contribution in [3.05, 3.63) is 110 Å². The van der Waals surface area contributed by atoms with E-state index in [1.165, 1.54) is 25.3 Å².